The Labute approximate surface area is 140 Å². The van der Waals surface area contributed by atoms with Gasteiger partial charge in [-0.2, -0.15) is 0 Å². The second-order valence-electron chi connectivity index (χ2n) is 7.88. The van der Waals surface area contributed by atoms with Crippen molar-refractivity contribution in [1.82, 2.24) is 15.5 Å². The number of carbonyl (C=O) groups is 1. The van der Waals surface area contributed by atoms with E-state index in [1.165, 1.54) is 12.8 Å². The highest BCUT2D eigenvalue weighted by Gasteiger charge is 2.57. The zero-order valence-corrected chi connectivity index (χ0v) is 14.8. The van der Waals surface area contributed by atoms with Crippen LogP contribution in [0.4, 0.5) is 0 Å². The van der Waals surface area contributed by atoms with Crippen LogP contribution in [0.25, 0.3) is 0 Å². The van der Waals surface area contributed by atoms with Crippen LogP contribution in [-0.4, -0.2) is 62.3 Å². The molecular formula is C18H33N3O2. The van der Waals surface area contributed by atoms with E-state index in [2.05, 4.69) is 29.4 Å². The topological polar surface area (TPSA) is 53.6 Å². The van der Waals surface area contributed by atoms with Gasteiger partial charge in [0.25, 0.3) is 0 Å². The fourth-order valence-corrected chi connectivity index (χ4v) is 4.46. The number of ether oxygens (including phenoxy) is 1. The van der Waals surface area contributed by atoms with E-state index in [0.29, 0.717) is 29.4 Å². The van der Waals surface area contributed by atoms with Crippen molar-refractivity contribution in [1.29, 1.82) is 0 Å². The van der Waals surface area contributed by atoms with Gasteiger partial charge in [-0.3, -0.25) is 9.69 Å². The maximum Gasteiger partial charge on any atom is 0.223 e. The van der Waals surface area contributed by atoms with Gasteiger partial charge >= 0.3 is 0 Å². The summed E-state index contributed by atoms with van der Waals surface area (Å²) in [5.74, 6) is 0.603. The molecule has 5 heteroatoms. The molecule has 2 heterocycles. The van der Waals surface area contributed by atoms with Crippen molar-refractivity contribution >= 4 is 5.91 Å². The third-order valence-electron chi connectivity index (χ3n) is 5.80. The van der Waals surface area contributed by atoms with E-state index in [4.69, 9.17) is 4.74 Å². The van der Waals surface area contributed by atoms with Gasteiger partial charge in [-0.05, 0) is 71.0 Å². The molecule has 3 fully saturated rings. The second-order valence-corrected chi connectivity index (χ2v) is 7.88. The Morgan fingerprint density at radius 3 is 2.61 bits per heavy atom. The average molecular weight is 323 g/mol. The van der Waals surface area contributed by atoms with E-state index >= 15 is 0 Å². The number of morpholine rings is 1. The lowest BCUT2D eigenvalue weighted by Gasteiger charge is -2.35. The largest absolute Gasteiger partial charge is 0.373 e. The van der Waals surface area contributed by atoms with Crippen molar-refractivity contribution in [3.8, 4) is 0 Å². The number of hydrogen-bond acceptors (Lipinski definition) is 4. The molecule has 0 radical (unpaired) electrons. The van der Waals surface area contributed by atoms with Crippen molar-refractivity contribution in [2.24, 2.45) is 11.3 Å². The minimum absolute atomic E-state index is 0.297. The third-order valence-corrected chi connectivity index (χ3v) is 5.80. The fourth-order valence-electron chi connectivity index (χ4n) is 4.46. The van der Waals surface area contributed by atoms with E-state index in [1.54, 1.807) is 0 Å². The number of piperidine rings is 1. The lowest BCUT2D eigenvalue weighted by molar-refractivity contribution is -0.123. The van der Waals surface area contributed by atoms with Gasteiger partial charge in [0, 0.05) is 25.6 Å². The molecule has 1 amide bonds. The Balaban J connectivity index is 1.26. The molecule has 3 atom stereocenters. The van der Waals surface area contributed by atoms with Gasteiger partial charge in [-0.1, -0.05) is 0 Å². The van der Waals surface area contributed by atoms with Crippen molar-refractivity contribution in [3.05, 3.63) is 0 Å². The normalized spacial score (nSPS) is 33.6. The quantitative estimate of drug-likeness (QED) is 0.725. The molecule has 2 saturated heterocycles. The summed E-state index contributed by atoms with van der Waals surface area (Å²) in [5, 5.41) is 6.56. The predicted molar refractivity (Wildman–Crippen MR) is 91.3 cm³/mol. The highest BCUT2D eigenvalue weighted by molar-refractivity contribution is 5.82. The molecule has 0 bridgehead atoms. The van der Waals surface area contributed by atoms with Crippen LogP contribution < -0.4 is 10.6 Å². The van der Waals surface area contributed by atoms with Crippen LogP contribution in [0.15, 0.2) is 0 Å². The molecule has 2 N–H and O–H groups in total. The Morgan fingerprint density at radius 1 is 1.22 bits per heavy atom. The molecule has 0 aromatic rings. The molecule has 3 aliphatic rings. The van der Waals surface area contributed by atoms with Crippen LogP contribution >= 0.6 is 0 Å². The summed E-state index contributed by atoms with van der Waals surface area (Å²) >= 11 is 0. The zero-order chi connectivity index (χ0) is 16.3. The molecule has 2 aliphatic heterocycles. The first-order chi connectivity index (χ1) is 11.1. The summed E-state index contributed by atoms with van der Waals surface area (Å²) in [6, 6.07) is 0. The number of nitrogens with one attached hydrogen (secondary N) is 2. The van der Waals surface area contributed by atoms with Crippen LogP contribution in [-0.2, 0) is 9.53 Å². The predicted octanol–water partition coefficient (Wildman–Crippen LogP) is 1.38. The van der Waals surface area contributed by atoms with E-state index in [-0.39, 0.29) is 0 Å². The van der Waals surface area contributed by atoms with Crippen molar-refractivity contribution in [3.63, 3.8) is 0 Å². The molecular weight excluding hydrogens is 290 g/mol. The highest BCUT2D eigenvalue weighted by atomic mass is 16.5. The molecule has 1 spiro atoms. The molecule has 1 aliphatic carbocycles. The Morgan fingerprint density at radius 2 is 1.91 bits per heavy atom. The van der Waals surface area contributed by atoms with Gasteiger partial charge < -0.3 is 15.4 Å². The summed E-state index contributed by atoms with van der Waals surface area (Å²) in [5.41, 5.74) is 0.357. The number of nitrogens with zero attached hydrogens (tertiary/aromatic N) is 1. The molecule has 132 valence electrons. The summed E-state index contributed by atoms with van der Waals surface area (Å²) in [4.78, 5) is 14.8. The van der Waals surface area contributed by atoms with E-state index in [9.17, 15) is 4.79 Å². The summed E-state index contributed by atoms with van der Waals surface area (Å²) < 4.78 is 5.76. The Hall–Kier alpha value is -0.650. The smallest absolute Gasteiger partial charge is 0.223 e. The van der Waals surface area contributed by atoms with Gasteiger partial charge in [-0.15, -0.1) is 0 Å². The summed E-state index contributed by atoms with van der Waals surface area (Å²) in [6.07, 6.45) is 6.39. The summed E-state index contributed by atoms with van der Waals surface area (Å²) in [6.45, 7) is 10.5. The third kappa shape index (κ3) is 4.46. The first kappa shape index (κ1) is 17.2. The van der Waals surface area contributed by atoms with E-state index in [0.717, 1.165) is 58.5 Å². The number of unbranched alkanes of at least 4 members (excludes halogenated alkanes) is 1. The molecule has 0 aromatic heterocycles. The second kappa shape index (κ2) is 7.49. The van der Waals surface area contributed by atoms with E-state index in [1.807, 2.05) is 0 Å². The van der Waals surface area contributed by atoms with Gasteiger partial charge in [0.1, 0.15) is 0 Å². The number of rotatable bonds is 6. The van der Waals surface area contributed by atoms with E-state index < -0.39 is 0 Å². The van der Waals surface area contributed by atoms with Gasteiger partial charge in [-0.25, -0.2) is 0 Å². The van der Waals surface area contributed by atoms with Gasteiger partial charge in [0.2, 0.25) is 5.91 Å². The van der Waals surface area contributed by atoms with Crippen molar-refractivity contribution in [2.75, 3.05) is 39.3 Å². The highest BCUT2D eigenvalue weighted by Crippen LogP contribution is 2.58. The lowest BCUT2D eigenvalue weighted by Crippen LogP contribution is -2.45. The fraction of sp³-hybridized carbons (Fsp3) is 0.944. The number of amides is 1. The average Bonchev–Trinajstić information content (AvgIpc) is 3.20. The molecule has 1 saturated carbocycles. The standard InChI is InChI=1S/C18H33N3O2/c1-14-12-21(13-15(2)23-14)10-4-3-7-20-17(22)16-11-18(16)5-8-19-9-6-18/h14-16,19H,3-13H2,1-2H3,(H,20,22). The minimum atomic E-state index is 0.297. The monoisotopic (exact) mass is 323 g/mol. The first-order valence-corrected chi connectivity index (χ1v) is 9.45. The summed E-state index contributed by atoms with van der Waals surface area (Å²) in [7, 11) is 0. The van der Waals surface area contributed by atoms with Crippen LogP contribution in [0, 0.1) is 11.3 Å². The molecule has 3 rings (SSSR count). The van der Waals surface area contributed by atoms with Crippen LogP contribution in [0.2, 0.25) is 0 Å². The lowest BCUT2D eigenvalue weighted by atomic mass is 9.92. The molecule has 3 unspecified atom stereocenters. The number of carbonyl (C=O) groups excluding carboxylic acids is 1. The maximum atomic E-state index is 12.3. The molecule has 23 heavy (non-hydrogen) atoms. The van der Waals surface area contributed by atoms with Crippen molar-refractivity contribution in [2.45, 2.75) is 58.2 Å². The molecule has 0 aromatic carbocycles. The Bertz CT molecular complexity index is 399. The van der Waals surface area contributed by atoms with Crippen LogP contribution in [0.5, 0.6) is 0 Å². The van der Waals surface area contributed by atoms with Crippen LogP contribution in [0.1, 0.15) is 46.0 Å². The Kier molecular flexibility index (Phi) is 5.60. The number of hydrogen-bond donors (Lipinski definition) is 2. The first-order valence-electron chi connectivity index (χ1n) is 9.45. The van der Waals surface area contributed by atoms with Crippen LogP contribution in [0.3, 0.4) is 0 Å². The minimum Gasteiger partial charge on any atom is -0.373 e. The maximum absolute atomic E-state index is 12.3. The van der Waals surface area contributed by atoms with Crippen molar-refractivity contribution < 1.29 is 9.53 Å². The molecule has 5 nitrogen and oxygen atoms in total. The zero-order valence-electron chi connectivity index (χ0n) is 14.8. The van der Waals surface area contributed by atoms with Gasteiger partial charge in [0.15, 0.2) is 0 Å². The van der Waals surface area contributed by atoms with Gasteiger partial charge in [0.05, 0.1) is 12.2 Å². The SMILES string of the molecule is CC1CN(CCCCNC(=O)C2CC23CCNCC3)CC(C)O1.